The van der Waals surface area contributed by atoms with Gasteiger partial charge in [0.15, 0.2) is 17.8 Å². The zero-order valence-corrected chi connectivity index (χ0v) is 19.2. The number of allylic oxidation sites excluding steroid dienone is 1. The van der Waals surface area contributed by atoms with Crippen LogP contribution in [0.5, 0.6) is 0 Å². The van der Waals surface area contributed by atoms with Gasteiger partial charge in [-0.1, -0.05) is 12.7 Å². The third-order valence-corrected chi connectivity index (χ3v) is 6.97. The third kappa shape index (κ3) is 3.95. The van der Waals surface area contributed by atoms with Crippen molar-refractivity contribution >= 4 is 23.9 Å². The number of hydrogen-bond acceptors (Lipinski definition) is 10. The van der Waals surface area contributed by atoms with E-state index in [-0.39, 0.29) is 17.3 Å². The highest BCUT2D eigenvalue weighted by Crippen LogP contribution is 2.51. The average Bonchev–Trinajstić information content (AvgIpc) is 3.57. The first-order chi connectivity index (χ1) is 15.4. The SMILES string of the molecule is C=C1C(=O)O[C@H]2[C@@H]1[C@@H](OC(=O)[C@@]1(C)O[C@H]1C)[C@H](OC(C)=O)C(C(=O)OC)=CCC[C@@]1(C)O[C@H]21. The van der Waals surface area contributed by atoms with Gasteiger partial charge in [0.25, 0.3) is 0 Å². The normalized spacial score (nSPS) is 41.5. The van der Waals surface area contributed by atoms with Crippen molar-refractivity contribution in [2.45, 2.75) is 82.3 Å². The van der Waals surface area contributed by atoms with Gasteiger partial charge >= 0.3 is 23.9 Å². The highest BCUT2D eigenvalue weighted by molar-refractivity contribution is 5.93. The molecule has 0 bridgehead atoms. The first-order valence-corrected chi connectivity index (χ1v) is 10.8. The van der Waals surface area contributed by atoms with Gasteiger partial charge in [-0.15, -0.1) is 0 Å². The standard InChI is InChI=1S/C23H28O10/c1-10-14-16(31-21(27)23(5)11(2)32-23)15(29-12(3)24)13(20(26)28-6)8-7-9-22(4)18(33-22)17(14)30-19(10)25/h8,11,14-18H,1,7,9H2,2-6H3/t11-,14-,15+,16+,17-,18+,22+,23-/m0/s1. The van der Waals surface area contributed by atoms with Crippen molar-refractivity contribution in [2.75, 3.05) is 7.11 Å². The lowest BCUT2D eigenvalue weighted by Crippen LogP contribution is -2.49. The quantitative estimate of drug-likeness (QED) is 0.258. The van der Waals surface area contributed by atoms with Crippen LogP contribution < -0.4 is 0 Å². The van der Waals surface area contributed by atoms with Gasteiger partial charge in [-0.05, 0) is 33.6 Å². The summed E-state index contributed by atoms with van der Waals surface area (Å²) in [5.41, 5.74) is -1.77. The minimum atomic E-state index is -1.36. The molecule has 0 unspecified atom stereocenters. The Hall–Kier alpha value is -2.72. The summed E-state index contributed by atoms with van der Waals surface area (Å²) in [6.45, 7) is 10.2. The molecule has 0 amide bonds. The smallest absolute Gasteiger partial charge is 0.341 e. The summed E-state index contributed by atoms with van der Waals surface area (Å²) < 4.78 is 33.2. The van der Waals surface area contributed by atoms with Crippen LogP contribution >= 0.6 is 0 Å². The second kappa shape index (κ2) is 7.95. The maximum Gasteiger partial charge on any atom is 0.341 e. The first-order valence-electron chi connectivity index (χ1n) is 10.8. The molecule has 0 aromatic rings. The summed E-state index contributed by atoms with van der Waals surface area (Å²) in [5, 5.41) is 0. The van der Waals surface area contributed by atoms with Gasteiger partial charge in [0.2, 0.25) is 0 Å². The summed E-state index contributed by atoms with van der Waals surface area (Å²) in [7, 11) is 1.19. The molecular formula is C23H28O10. The van der Waals surface area contributed by atoms with Crippen molar-refractivity contribution in [1.82, 2.24) is 0 Å². The second-order valence-electron chi connectivity index (χ2n) is 9.23. The molecule has 0 saturated carbocycles. The van der Waals surface area contributed by atoms with Crippen LogP contribution in [-0.4, -0.2) is 72.7 Å². The molecule has 0 N–H and O–H groups in total. The molecule has 0 radical (unpaired) electrons. The van der Waals surface area contributed by atoms with Crippen molar-refractivity contribution < 1.29 is 47.6 Å². The second-order valence-corrected chi connectivity index (χ2v) is 9.23. The lowest BCUT2D eigenvalue weighted by atomic mass is 9.80. The minimum absolute atomic E-state index is 0.00554. The van der Waals surface area contributed by atoms with Crippen molar-refractivity contribution in [3.05, 3.63) is 23.8 Å². The van der Waals surface area contributed by atoms with Gasteiger partial charge in [-0.25, -0.2) is 14.4 Å². The maximum absolute atomic E-state index is 13.1. The van der Waals surface area contributed by atoms with Gasteiger partial charge in [-0.2, -0.15) is 0 Å². The Morgan fingerprint density at radius 1 is 1.18 bits per heavy atom. The van der Waals surface area contributed by atoms with Crippen LogP contribution in [0.3, 0.4) is 0 Å². The Labute approximate surface area is 191 Å². The van der Waals surface area contributed by atoms with Gasteiger partial charge in [0.05, 0.1) is 30.3 Å². The predicted molar refractivity (Wildman–Crippen MR) is 110 cm³/mol. The Bertz CT molecular complexity index is 953. The molecule has 3 heterocycles. The largest absolute Gasteiger partial charge is 0.466 e. The highest BCUT2D eigenvalue weighted by atomic mass is 16.7. The molecule has 10 nitrogen and oxygen atoms in total. The van der Waals surface area contributed by atoms with Crippen LogP contribution in [0.1, 0.15) is 40.5 Å². The number of carbonyl (C=O) groups is 4. The van der Waals surface area contributed by atoms with E-state index in [4.69, 9.17) is 28.4 Å². The molecule has 0 aromatic heterocycles. The van der Waals surface area contributed by atoms with E-state index in [0.717, 1.165) is 0 Å². The van der Waals surface area contributed by atoms with E-state index in [9.17, 15) is 19.2 Å². The van der Waals surface area contributed by atoms with E-state index >= 15 is 0 Å². The van der Waals surface area contributed by atoms with Crippen LogP contribution in [0.4, 0.5) is 0 Å². The lowest BCUT2D eigenvalue weighted by molar-refractivity contribution is -0.175. The molecule has 0 aromatic carbocycles. The van der Waals surface area contributed by atoms with Gasteiger partial charge < -0.3 is 28.4 Å². The van der Waals surface area contributed by atoms with Crippen molar-refractivity contribution in [2.24, 2.45) is 5.92 Å². The summed E-state index contributed by atoms with van der Waals surface area (Å²) in [4.78, 5) is 50.4. The molecular weight excluding hydrogens is 436 g/mol. The number of carbonyl (C=O) groups excluding carboxylic acids is 4. The van der Waals surface area contributed by atoms with E-state index in [1.54, 1.807) is 19.9 Å². The fourth-order valence-electron chi connectivity index (χ4n) is 4.66. The lowest BCUT2D eigenvalue weighted by Gasteiger charge is -2.34. The molecule has 4 rings (SSSR count). The summed E-state index contributed by atoms with van der Waals surface area (Å²) in [5.74, 6) is -3.79. The molecule has 1 aliphatic carbocycles. The van der Waals surface area contributed by atoms with Gasteiger partial charge in [0, 0.05) is 12.5 Å². The number of ether oxygens (including phenoxy) is 6. The Kier molecular flexibility index (Phi) is 5.65. The average molecular weight is 464 g/mol. The molecule has 3 saturated heterocycles. The topological polar surface area (TPSA) is 130 Å². The molecule has 180 valence electrons. The highest BCUT2D eigenvalue weighted by Gasteiger charge is 2.66. The fraction of sp³-hybridized carbons (Fsp3) is 0.652. The molecule has 4 aliphatic rings. The van der Waals surface area contributed by atoms with Crippen molar-refractivity contribution in [3.8, 4) is 0 Å². The van der Waals surface area contributed by atoms with Gasteiger partial charge in [0.1, 0.15) is 12.2 Å². The monoisotopic (exact) mass is 464 g/mol. The van der Waals surface area contributed by atoms with E-state index in [2.05, 4.69) is 6.58 Å². The Morgan fingerprint density at radius 2 is 1.85 bits per heavy atom. The molecule has 10 heteroatoms. The predicted octanol–water partition coefficient (Wildman–Crippen LogP) is 1.16. The Balaban J connectivity index is 1.82. The van der Waals surface area contributed by atoms with Crippen molar-refractivity contribution in [3.63, 3.8) is 0 Å². The van der Waals surface area contributed by atoms with E-state index in [1.807, 2.05) is 6.92 Å². The maximum atomic E-state index is 13.1. The zero-order valence-electron chi connectivity index (χ0n) is 19.2. The van der Waals surface area contributed by atoms with E-state index in [1.165, 1.54) is 14.0 Å². The van der Waals surface area contributed by atoms with Crippen LogP contribution in [0.15, 0.2) is 23.8 Å². The summed E-state index contributed by atoms with van der Waals surface area (Å²) >= 11 is 0. The zero-order chi connectivity index (χ0) is 24.3. The molecule has 8 atom stereocenters. The van der Waals surface area contributed by atoms with Crippen LogP contribution in [0.25, 0.3) is 0 Å². The molecule has 3 aliphatic heterocycles. The first kappa shape index (κ1) is 23.4. The number of esters is 4. The summed E-state index contributed by atoms with van der Waals surface area (Å²) in [6, 6.07) is 0. The number of epoxide rings is 2. The molecule has 3 fully saturated rings. The van der Waals surface area contributed by atoms with Crippen molar-refractivity contribution in [1.29, 1.82) is 0 Å². The van der Waals surface area contributed by atoms with Gasteiger partial charge in [-0.3, -0.25) is 4.79 Å². The summed E-state index contributed by atoms with van der Waals surface area (Å²) in [6.07, 6.45) is -1.87. The van der Waals surface area contributed by atoms with Crippen LogP contribution in [-0.2, 0) is 47.6 Å². The van der Waals surface area contributed by atoms with E-state index in [0.29, 0.717) is 12.8 Å². The number of fused-ring (bicyclic) bond motifs is 3. The number of hydrogen-bond donors (Lipinski definition) is 0. The third-order valence-electron chi connectivity index (χ3n) is 6.97. The number of methoxy groups -OCH3 is 1. The Morgan fingerprint density at radius 3 is 2.42 bits per heavy atom. The van der Waals surface area contributed by atoms with Crippen LogP contribution in [0, 0.1) is 5.92 Å². The van der Waals surface area contributed by atoms with E-state index < -0.39 is 65.4 Å². The number of rotatable bonds is 4. The molecule has 0 spiro atoms. The fourth-order valence-corrected chi connectivity index (χ4v) is 4.66. The molecule has 33 heavy (non-hydrogen) atoms. The minimum Gasteiger partial charge on any atom is -0.466 e. The van der Waals surface area contributed by atoms with Crippen LogP contribution in [0.2, 0.25) is 0 Å².